The lowest BCUT2D eigenvalue weighted by Crippen LogP contribution is -2.31. The van der Waals surface area contributed by atoms with Gasteiger partial charge in [0.1, 0.15) is 0 Å². The molecule has 3 rings (SSSR count). The Morgan fingerprint density at radius 2 is 1.69 bits per heavy atom. The Balaban J connectivity index is 1.79. The summed E-state index contributed by atoms with van der Waals surface area (Å²) in [5.74, 6) is 1.32. The number of nitrogens with one attached hydrogen (secondary N) is 1. The number of aromatic nitrogens is 3. The van der Waals surface area contributed by atoms with Gasteiger partial charge in [-0.2, -0.15) is 10.1 Å². The lowest BCUT2D eigenvalue weighted by molar-refractivity contribution is 0.668. The van der Waals surface area contributed by atoms with Gasteiger partial charge in [0, 0.05) is 18.3 Å². The van der Waals surface area contributed by atoms with Crippen molar-refractivity contribution in [3.05, 3.63) is 71.9 Å². The van der Waals surface area contributed by atoms with Crippen LogP contribution in [0.25, 0.3) is 0 Å². The normalized spacial score (nSPS) is 10.8. The highest BCUT2D eigenvalue weighted by Gasteiger charge is 2.14. The van der Waals surface area contributed by atoms with Gasteiger partial charge in [-0.25, -0.2) is 0 Å². The first-order valence-corrected chi connectivity index (χ1v) is 9.02. The molecule has 0 saturated heterocycles. The predicted octanol–water partition coefficient (Wildman–Crippen LogP) is 4.59. The summed E-state index contributed by atoms with van der Waals surface area (Å²) in [4.78, 5) is 6.89. The summed E-state index contributed by atoms with van der Waals surface area (Å²) in [7, 11) is 0. The zero-order chi connectivity index (χ0) is 18.4. The van der Waals surface area contributed by atoms with Crippen LogP contribution in [0.5, 0.6) is 0 Å². The van der Waals surface area contributed by atoms with Crippen LogP contribution >= 0.6 is 0 Å². The lowest BCUT2D eigenvalue weighted by atomic mass is 10.1. The summed E-state index contributed by atoms with van der Waals surface area (Å²) < 4.78 is 0. The third-order valence-electron chi connectivity index (χ3n) is 4.28. The van der Waals surface area contributed by atoms with Crippen molar-refractivity contribution in [1.82, 2.24) is 15.2 Å². The second kappa shape index (κ2) is 8.43. The highest BCUT2D eigenvalue weighted by Crippen LogP contribution is 2.20. The molecule has 3 aromatic rings. The number of hydrogen-bond donors (Lipinski definition) is 1. The third kappa shape index (κ3) is 4.57. The second-order valence-electron chi connectivity index (χ2n) is 6.52. The molecule has 0 amide bonds. The number of aryl methyl sites for hydroxylation is 1. The fourth-order valence-electron chi connectivity index (χ4n) is 2.75. The molecule has 26 heavy (non-hydrogen) atoms. The Bertz CT molecular complexity index is 815. The van der Waals surface area contributed by atoms with Crippen LogP contribution in [0.2, 0.25) is 0 Å². The highest BCUT2D eigenvalue weighted by molar-refractivity contribution is 5.55. The molecule has 0 radical (unpaired) electrons. The van der Waals surface area contributed by atoms with Crippen molar-refractivity contribution in [3.8, 4) is 0 Å². The third-order valence-corrected chi connectivity index (χ3v) is 4.28. The topological polar surface area (TPSA) is 53.9 Å². The van der Waals surface area contributed by atoms with Gasteiger partial charge in [-0.15, -0.1) is 5.10 Å². The van der Waals surface area contributed by atoms with Crippen LogP contribution in [-0.2, 0) is 13.0 Å². The standard InChI is InChI=1S/C21H25N5/c1-4-17-10-12-19(13-11-17)23-21-24-20(14-22-25-21)26(16(2)3)15-18-8-6-5-7-9-18/h5-14,16H,4,15H2,1-3H3,(H,23,24,25). The largest absolute Gasteiger partial charge is 0.348 e. The first-order chi connectivity index (χ1) is 12.7. The zero-order valence-corrected chi connectivity index (χ0v) is 15.6. The summed E-state index contributed by atoms with van der Waals surface area (Å²) >= 11 is 0. The van der Waals surface area contributed by atoms with Gasteiger partial charge in [-0.05, 0) is 43.5 Å². The van der Waals surface area contributed by atoms with E-state index in [9.17, 15) is 0 Å². The number of nitrogens with zero attached hydrogens (tertiary/aromatic N) is 4. The minimum absolute atomic E-state index is 0.295. The van der Waals surface area contributed by atoms with Crippen molar-refractivity contribution >= 4 is 17.5 Å². The molecule has 5 nitrogen and oxygen atoms in total. The summed E-state index contributed by atoms with van der Waals surface area (Å²) in [6.07, 6.45) is 2.74. The second-order valence-corrected chi connectivity index (χ2v) is 6.52. The molecule has 5 heteroatoms. The summed E-state index contributed by atoms with van der Waals surface area (Å²) in [5, 5.41) is 11.5. The van der Waals surface area contributed by atoms with Crippen molar-refractivity contribution in [3.63, 3.8) is 0 Å². The van der Waals surface area contributed by atoms with Gasteiger partial charge in [0.15, 0.2) is 5.82 Å². The summed E-state index contributed by atoms with van der Waals surface area (Å²) in [5.41, 5.74) is 3.50. The average Bonchev–Trinajstić information content (AvgIpc) is 2.67. The Morgan fingerprint density at radius 1 is 0.962 bits per heavy atom. The highest BCUT2D eigenvalue weighted by atomic mass is 15.3. The Labute approximate surface area is 155 Å². The molecule has 134 valence electrons. The maximum atomic E-state index is 4.67. The van der Waals surface area contributed by atoms with Crippen LogP contribution in [0.1, 0.15) is 31.9 Å². The fourth-order valence-corrected chi connectivity index (χ4v) is 2.75. The SMILES string of the molecule is CCc1ccc(Nc2nncc(N(Cc3ccccc3)C(C)C)n2)cc1. The lowest BCUT2D eigenvalue weighted by Gasteiger charge is -2.27. The Kier molecular flexibility index (Phi) is 5.79. The average molecular weight is 347 g/mol. The molecular formula is C21H25N5. The molecule has 2 aromatic carbocycles. The van der Waals surface area contributed by atoms with Crippen molar-refractivity contribution in [1.29, 1.82) is 0 Å². The van der Waals surface area contributed by atoms with Crippen LogP contribution in [0.4, 0.5) is 17.5 Å². The molecule has 0 spiro atoms. The molecule has 0 saturated carbocycles. The maximum absolute atomic E-state index is 4.67. The molecule has 0 aliphatic carbocycles. The van der Waals surface area contributed by atoms with E-state index in [1.165, 1.54) is 11.1 Å². The van der Waals surface area contributed by atoms with E-state index in [-0.39, 0.29) is 0 Å². The molecule has 0 atom stereocenters. The smallest absolute Gasteiger partial charge is 0.249 e. The molecule has 0 aliphatic rings. The number of hydrogen-bond acceptors (Lipinski definition) is 5. The van der Waals surface area contributed by atoms with Crippen LogP contribution < -0.4 is 10.2 Å². The first-order valence-electron chi connectivity index (χ1n) is 9.02. The van der Waals surface area contributed by atoms with E-state index >= 15 is 0 Å². The first kappa shape index (κ1) is 17.9. The minimum Gasteiger partial charge on any atom is -0.348 e. The molecule has 0 unspecified atom stereocenters. The zero-order valence-electron chi connectivity index (χ0n) is 15.6. The van der Waals surface area contributed by atoms with Crippen molar-refractivity contribution in [2.45, 2.75) is 39.8 Å². The maximum Gasteiger partial charge on any atom is 0.249 e. The molecule has 1 N–H and O–H groups in total. The molecule has 1 aromatic heterocycles. The van der Waals surface area contributed by atoms with E-state index in [2.05, 4.69) is 82.6 Å². The van der Waals surface area contributed by atoms with Gasteiger partial charge in [-0.3, -0.25) is 0 Å². The van der Waals surface area contributed by atoms with Gasteiger partial charge >= 0.3 is 0 Å². The van der Waals surface area contributed by atoms with Crippen LogP contribution in [-0.4, -0.2) is 21.2 Å². The number of rotatable bonds is 7. The van der Waals surface area contributed by atoms with E-state index in [0.29, 0.717) is 12.0 Å². The predicted molar refractivity (Wildman–Crippen MR) is 107 cm³/mol. The Hall–Kier alpha value is -2.95. The van der Waals surface area contributed by atoms with Crippen molar-refractivity contribution in [2.24, 2.45) is 0 Å². The van der Waals surface area contributed by atoms with E-state index in [1.807, 2.05) is 18.2 Å². The van der Waals surface area contributed by atoms with Gasteiger partial charge in [0.05, 0.1) is 6.20 Å². The van der Waals surface area contributed by atoms with E-state index < -0.39 is 0 Å². The van der Waals surface area contributed by atoms with Gasteiger partial charge in [-0.1, -0.05) is 49.4 Å². The van der Waals surface area contributed by atoms with Gasteiger partial charge < -0.3 is 10.2 Å². The minimum atomic E-state index is 0.295. The molecular weight excluding hydrogens is 322 g/mol. The van der Waals surface area contributed by atoms with Gasteiger partial charge in [0.25, 0.3) is 0 Å². The van der Waals surface area contributed by atoms with E-state index in [0.717, 1.165) is 24.5 Å². The fraction of sp³-hybridized carbons (Fsp3) is 0.286. The van der Waals surface area contributed by atoms with Gasteiger partial charge in [0.2, 0.25) is 5.95 Å². The van der Waals surface area contributed by atoms with Crippen LogP contribution in [0, 0.1) is 0 Å². The molecule has 0 fully saturated rings. The number of anilines is 3. The van der Waals surface area contributed by atoms with E-state index in [4.69, 9.17) is 0 Å². The van der Waals surface area contributed by atoms with E-state index in [1.54, 1.807) is 6.20 Å². The molecule has 0 bridgehead atoms. The quantitative estimate of drug-likeness (QED) is 0.677. The molecule has 1 heterocycles. The summed E-state index contributed by atoms with van der Waals surface area (Å²) in [6, 6.07) is 19.0. The monoisotopic (exact) mass is 347 g/mol. The van der Waals surface area contributed by atoms with Crippen molar-refractivity contribution < 1.29 is 0 Å². The Morgan fingerprint density at radius 3 is 2.35 bits per heavy atom. The van der Waals surface area contributed by atoms with Crippen LogP contribution in [0.15, 0.2) is 60.8 Å². The molecule has 0 aliphatic heterocycles. The number of benzene rings is 2. The summed E-state index contributed by atoms with van der Waals surface area (Å²) in [6.45, 7) is 7.23. The van der Waals surface area contributed by atoms with Crippen LogP contribution in [0.3, 0.4) is 0 Å². The van der Waals surface area contributed by atoms with Crippen molar-refractivity contribution in [2.75, 3.05) is 10.2 Å².